The average Bonchev–Trinajstić information content (AvgIpc) is 2.85. The van der Waals surface area contributed by atoms with Crippen molar-refractivity contribution in [1.82, 2.24) is 0 Å². The van der Waals surface area contributed by atoms with Crippen LogP contribution in [0.25, 0.3) is 0 Å². The summed E-state index contributed by atoms with van der Waals surface area (Å²) in [5.74, 6) is -0.944. The number of carboxylic acid groups (broad SMARTS) is 2. The van der Waals surface area contributed by atoms with Crippen molar-refractivity contribution in [2.45, 2.75) is 139 Å². The quantitative estimate of drug-likeness (QED) is 0.241. The van der Waals surface area contributed by atoms with Gasteiger partial charge in [-0.05, 0) is 110 Å². The molecular formula is C36H56O6. The summed E-state index contributed by atoms with van der Waals surface area (Å²) in [4.78, 5) is 36.9. The molecule has 0 unspecified atom stereocenters. The zero-order valence-electron chi connectivity index (χ0n) is 27.5. The van der Waals surface area contributed by atoms with Crippen molar-refractivity contribution < 1.29 is 29.3 Å². The normalized spacial score (nSPS) is 44.2. The van der Waals surface area contributed by atoms with Gasteiger partial charge in [-0.1, -0.05) is 67.0 Å². The molecule has 6 nitrogen and oxygen atoms in total. The van der Waals surface area contributed by atoms with Crippen LogP contribution in [0, 0.1) is 56.2 Å². The van der Waals surface area contributed by atoms with Crippen molar-refractivity contribution in [1.29, 1.82) is 0 Å². The Hall–Kier alpha value is -1.85. The highest BCUT2D eigenvalue weighted by molar-refractivity contribution is 5.76. The summed E-state index contributed by atoms with van der Waals surface area (Å²) in [5, 5.41) is 19.7. The number of carbonyl (C=O) groups is 3. The number of rotatable bonds is 6. The highest BCUT2D eigenvalue weighted by Gasteiger charge is 2.69. The van der Waals surface area contributed by atoms with Crippen molar-refractivity contribution in [2.24, 2.45) is 56.2 Å². The second kappa shape index (κ2) is 10.1. The molecule has 0 saturated heterocycles. The Morgan fingerprint density at radius 2 is 1.55 bits per heavy atom. The summed E-state index contributed by atoms with van der Waals surface area (Å²) in [5.41, 5.74) is 1.03. The predicted octanol–water partition coefficient (Wildman–Crippen LogP) is 8.29. The number of carboxylic acids is 2. The fourth-order valence-corrected chi connectivity index (χ4v) is 11.7. The lowest BCUT2D eigenvalue weighted by Gasteiger charge is -2.71. The largest absolute Gasteiger partial charge is 0.481 e. The maximum absolute atomic E-state index is 12.9. The molecule has 5 rings (SSSR count). The molecule has 0 radical (unpaired) electrons. The molecule has 6 heteroatoms. The van der Waals surface area contributed by atoms with Crippen LogP contribution in [0.1, 0.15) is 132 Å². The zero-order valence-corrected chi connectivity index (χ0v) is 27.5. The Kier molecular flexibility index (Phi) is 7.58. The van der Waals surface area contributed by atoms with E-state index in [0.717, 1.165) is 64.2 Å². The number of esters is 1. The van der Waals surface area contributed by atoms with Crippen LogP contribution >= 0.6 is 0 Å². The maximum Gasteiger partial charge on any atom is 0.310 e. The van der Waals surface area contributed by atoms with Crippen LogP contribution in [-0.2, 0) is 19.1 Å². The number of carbonyl (C=O) groups excluding carboxylic acids is 1. The molecule has 4 fully saturated rings. The number of ether oxygens (including phenoxy) is 1. The van der Waals surface area contributed by atoms with Crippen LogP contribution in [0.5, 0.6) is 0 Å². The Balaban J connectivity index is 1.42. The van der Waals surface area contributed by atoms with Gasteiger partial charge in [-0.3, -0.25) is 14.4 Å². The lowest BCUT2D eigenvalue weighted by atomic mass is 9.33. The Labute approximate surface area is 253 Å². The second-order valence-corrected chi connectivity index (χ2v) is 17.4. The van der Waals surface area contributed by atoms with Crippen molar-refractivity contribution in [3.63, 3.8) is 0 Å². The van der Waals surface area contributed by atoms with Crippen LogP contribution in [0.2, 0.25) is 0 Å². The fourth-order valence-electron chi connectivity index (χ4n) is 11.7. The summed E-state index contributed by atoms with van der Waals surface area (Å²) >= 11 is 0. The monoisotopic (exact) mass is 584 g/mol. The molecule has 5 aliphatic carbocycles. The van der Waals surface area contributed by atoms with Gasteiger partial charge >= 0.3 is 17.9 Å². The summed E-state index contributed by atoms with van der Waals surface area (Å²) < 4.78 is 6.13. The first kappa shape index (κ1) is 31.6. The van der Waals surface area contributed by atoms with E-state index < -0.39 is 17.4 Å². The summed E-state index contributed by atoms with van der Waals surface area (Å²) in [6.07, 6.45) is 12.0. The average molecular weight is 585 g/mol. The molecule has 0 spiro atoms. The van der Waals surface area contributed by atoms with Gasteiger partial charge in [0.25, 0.3) is 0 Å². The molecule has 42 heavy (non-hydrogen) atoms. The standard InChI is InChI=1S/C36H56O6/c1-22(19-28(37)38)20-29(39)42-27-12-13-33(6)25(32(27,4)5)11-14-35(8)26(33)10-9-23-24-21-31(2,3)15-17-36(24,30(40)41)18-16-34(23,35)7/h9,22,24-27H,10-21H2,1-8H3,(H,37,38)(H,40,41)/t22-,24-,25-,26+,27-,33-,34+,35+,36-/m0/s1. The molecule has 0 heterocycles. The van der Waals surface area contributed by atoms with Gasteiger partial charge in [0.1, 0.15) is 6.10 Å². The minimum absolute atomic E-state index is 0.00529. The third-order valence-electron chi connectivity index (χ3n) is 14.3. The van der Waals surface area contributed by atoms with Crippen LogP contribution in [0.15, 0.2) is 11.6 Å². The lowest BCUT2D eigenvalue weighted by Crippen LogP contribution is -2.65. The SMILES string of the molecule is C[C@@H](CC(=O)O)CC(=O)O[C@H]1CC[C@]2(C)[C@H]3CC=C4[C@@H]5CC(C)(C)CC[C@]5(C(=O)O)CC[C@@]4(C)[C@]3(C)CC[C@H]2C1(C)C. The fraction of sp³-hybridized carbons (Fsp3) is 0.861. The maximum atomic E-state index is 12.9. The third kappa shape index (κ3) is 4.59. The minimum atomic E-state index is -0.883. The molecule has 0 aliphatic heterocycles. The van der Waals surface area contributed by atoms with Gasteiger partial charge in [-0.25, -0.2) is 0 Å². The summed E-state index contributed by atoms with van der Waals surface area (Å²) in [7, 11) is 0. The highest BCUT2D eigenvalue weighted by atomic mass is 16.5. The lowest BCUT2D eigenvalue weighted by molar-refractivity contribution is -0.214. The minimum Gasteiger partial charge on any atom is -0.481 e. The molecule has 2 N–H and O–H groups in total. The molecule has 236 valence electrons. The molecule has 0 aromatic carbocycles. The molecule has 5 aliphatic rings. The number of fused-ring (bicyclic) bond motifs is 7. The first-order valence-electron chi connectivity index (χ1n) is 16.7. The summed E-state index contributed by atoms with van der Waals surface area (Å²) in [6.45, 7) is 18.5. The summed E-state index contributed by atoms with van der Waals surface area (Å²) in [6, 6.07) is 0. The zero-order chi connectivity index (χ0) is 31.1. The smallest absolute Gasteiger partial charge is 0.310 e. The van der Waals surface area contributed by atoms with Crippen LogP contribution < -0.4 is 0 Å². The highest BCUT2D eigenvalue weighted by Crippen LogP contribution is 2.75. The Bertz CT molecular complexity index is 1170. The van der Waals surface area contributed by atoms with E-state index in [1.54, 1.807) is 6.92 Å². The van der Waals surface area contributed by atoms with E-state index in [1.807, 2.05) is 0 Å². The predicted molar refractivity (Wildman–Crippen MR) is 163 cm³/mol. The molecule has 0 aromatic rings. The number of hydrogen-bond acceptors (Lipinski definition) is 4. The molecular weight excluding hydrogens is 528 g/mol. The van der Waals surface area contributed by atoms with Gasteiger partial charge in [0.15, 0.2) is 0 Å². The van der Waals surface area contributed by atoms with Gasteiger partial charge in [-0.2, -0.15) is 0 Å². The van der Waals surface area contributed by atoms with Gasteiger partial charge in [-0.15, -0.1) is 0 Å². The molecule has 0 amide bonds. The van der Waals surface area contributed by atoms with E-state index in [4.69, 9.17) is 9.84 Å². The number of allylic oxidation sites excluding steroid dienone is 2. The van der Waals surface area contributed by atoms with Crippen molar-refractivity contribution in [3.8, 4) is 0 Å². The number of aliphatic carboxylic acids is 2. The van der Waals surface area contributed by atoms with Gasteiger partial charge in [0.05, 0.1) is 5.41 Å². The molecule has 9 atom stereocenters. The van der Waals surface area contributed by atoms with E-state index in [0.29, 0.717) is 11.8 Å². The first-order valence-corrected chi connectivity index (χ1v) is 16.7. The van der Waals surface area contributed by atoms with Gasteiger partial charge < -0.3 is 14.9 Å². The first-order chi connectivity index (χ1) is 19.3. The van der Waals surface area contributed by atoms with E-state index in [-0.39, 0.29) is 63.8 Å². The van der Waals surface area contributed by atoms with Crippen molar-refractivity contribution in [2.75, 3.05) is 0 Å². The van der Waals surface area contributed by atoms with E-state index >= 15 is 0 Å². The van der Waals surface area contributed by atoms with Crippen LogP contribution in [-0.4, -0.2) is 34.2 Å². The van der Waals surface area contributed by atoms with Crippen molar-refractivity contribution >= 4 is 17.9 Å². The van der Waals surface area contributed by atoms with Crippen molar-refractivity contribution in [3.05, 3.63) is 11.6 Å². The van der Waals surface area contributed by atoms with Gasteiger partial charge in [0, 0.05) is 18.3 Å². The Morgan fingerprint density at radius 1 is 0.881 bits per heavy atom. The van der Waals surface area contributed by atoms with E-state index in [1.165, 1.54) is 5.57 Å². The second-order valence-electron chi connectivity index (χ2n) is 17.4. The van der Waals surface area contributed by atoms with Crippen LogP contribution in [0.3, 0.4) is 0 Å². The van der Waals surface area contributed by atoms with Gasteiger partial charge in [0.2, 0.25) is 0 Å². The van der Waals surface area contributed by atoms with E-state index in [2.05, 4.69) is 54.5 Å². The molecule has 0 aromatic heterocycles. The Morgan fingerprint density at radius 3 is 2.19 bits per heavy atom. The van der Waals surface area contributed by atoms with E-state index in [9.17, 15) is 19.5 Å². The topological polar surface area (TPSA) is 101 Å². The van der Waals surface area contributed by atoms with Crippen LogP contribution in [0.4, 0.5) is 0 Å². The third-order valence-corrected chi connectivity index (χ3v) is 14.3. The molecule has 4 saturated carbocycles. The molecule has 0 bridgehead atoms. The number of hydrogen-bond donors (Lipinski definition) is 2.